The summed E-state index contributed by atoms with van der Waals surface area (Å²) in [7, 11) is 0. The molecule has 0 aliphatic carbocycles. The highest BCUT2D eigenvalue weighted by Crippen LogP contribution is 2.20. The van der Waals surface area contributed by atoms with Gasteiger partial charge in [0.25, 0.3) is 0 Å². The summed E-state index contributed by atoms with van der Waals surface area (Å²) in [6.45, 7) is 5.21. The number of hydrogen-bond acceptors (Lipinski definition) is 5. The molecule has 0 aliphatic rings. The molecule has 1 atom stereocenters. The van der Waals surface area contributed by atoms with E-state index in [4.69, 9.17) is 9.84 Å². The zero-order valence-corrected chi connectivity index (χ0v) is 11.3. The van der Waals surface area contributed by atoms with Crippen molar-refractivity contribution in [3.63, 3.8) is 0 Å². The van der Waals surface area contributed by atoms with E-state index in [9.17, 15) is 9.59 Å². The number of alkyl carbamates (subject to hydrolysis) is 1. The van der Waals surface area contributed by atoms with Gasteiger partial charge in [-0.15, -0.1) is 11.3 Å². The van der Waals surface area contributed by atoms with Gasteiger partial charge in [-0.3, -0.25) is 4.79 Å². The number of carbonyl (C=O) groups is 2. The average Bonchev–Trinajstić information content (AvgIpc) is 2.64. The van der Waals surface area contributed by atoms with Crippen molar-refractivity contribution in [3.8, 4) is 0 Å². The van der Waals surface area contributed by atoms with E-state index < -0.39 is 23.7 Å². The molecule has 6 nitrogen and oxygen atoms in total. The van der Waals surface area contributed by atoms with Crippen LogP contribution in [0.2, 0.25) is 0 Å². The Morgan fingerprint density at radius 3 is 2.67 bits per heavy atom. The summed E-state index contributed by atoms with van der Waals surface area (Å²) in [4.78, 5) is 26.4. The first-order valence-electron chi connectivity index (χ1n) is 5.38. The van der Waals surface area contributed by atoms with Gasteiger partial charge < -0.3 is 15.2 Å². The van der Waals surface area contributed by atoms with Crippen LogP contribution < -0.4 is 5.32 Å². The molecule has 7 heteroatoms. The van der Waals surface area contributed by atoms with Gasteiger partial charge in [-0.1, -0.05) is 0 Å². The molecule has 0 bridgehead atoms. The molecule has 1 heterocycles. The molecule has 1 amide bonds. The van der Waals surface area contributed by atoms with E-state index in [0.29, 0.717) is 5.01 Å². The first-order chi connectivity index (χ1) is 8.28. The number of thiazole rings is 1. The van der Waals surface area contributed by atoms with Crippen molar-refractivity contribution in [2.24, 2.45) is 0 Å². The van der Waals surface area contributed by atoms with E-state index in [1.54, 1.807) is 32.3 Å². The van der Waals surface area contributed by atoms with Crippen molar-refractivity contribution in [1.82, 2.24) is 10.3 Å². The van der Waals surface area contributed by atoms with Gasteiger partial charge in [0.15, 0.2) is 0 Å². The number of ether oxygens (including phenoxy) is 1. The predicted octanol–water partition coefficient (Wildman–Crippen LogP) is 2.18. The Labute approximate surface area is 109 Å². The van der Waals surface area contributed by atoms with Gasteiger partial charge in [-0.2, -0.15) is 0 Å². The maximum Gasteiger partial charge on any atom is 0.408 e. The Balaban J connectivity index is 2.68. The van der Waals surface area contributed by atoms with Crippen LogP contribution in [0.1, 0.15) is 38.2 Å². The SMILES string of the molecule is CC(C)(C)OC(=O)NC(CC(=O)O)c1nccs1. The topological polar surface area (TPSA) is 88.5 Å². The Hall–Kier alpha value is -1.63. The molecule has 1 unspecified atom stereocenters. The summed E-state index contributed by atoms with van der Waals surface area (Å²) in [5.41, 5.74) is -0.624. The van der Waals surface area contributed by atoms with E-state index in [1.807, 2.05) is 0 Å². The fourth-order valence-electron chi connectivity index (χ4n) is 1.23. The highest BCUT2D eigenvalue weighted by atomic mass is 32.1. The van der Waals surface area contributed by atoms with Crippen LogP contribution in [0.4, 0.5) is 4.79 Å². The summed E-state index contributed by atoms with van der Waals surface area (Å²) >= 11 is 1.29. The number of carboxylic acid groups (broad SMARTS) is 1. The molecule has 0 aromatic carbocycles. The Bertz CT molecular complexity index is 411. The highest BCUT2D eigenvalue weighted by Gasteiger charge is 2.23. The molecular weight excluding hydrogens is 256 g/mol. The van der Waals surface area contributed by atoms with Crippen LogP contribution in [0.5, 0.6) is 0 Å². The first kappa shape index (κ1) is 14.4. The number of amides is 1. The van der Waals surface area contributed by atoms with E-state index in [2.05, 4.69) is 10.3 Å². The zero-order chi connectivity index (χ0) is 13.8. The number of aromatic nitrogens is 1. The van der Waals surface area contributed by atoms with E-state index in [-0.39, 0.29) is 6.42 Å². The quantitative estimate of drug-likeness (QED) is 0.877. The van der Waals surface area contributed by atoms with Gasteiger partial charge in [0, 0.05) is 11.6 Å². The van der Waals surface area contributed by atoms with Gasteiger partial charge in [0.1, 0.15) is 10.6 Å². The first-order valence-corrected chi connectivity index (χ1v) is 6.26. The third-order valence-corrected chi connectivity index (χ3v) is 2.71. The molecule has 100 valence electrons. The van der Waals surface area contributed by atoms with Crippen LogP contribution in [0.3, 0.4) is 0 Å². The molecule has 2 N–H and O–H groups in total. The predicted molar refractivity (Wildman–Crippen MR) is 66.5 cm³/mol. The van der Waals surface area contributed by atoms with Crippen molar-refractivity contribution in [3.05, 3.63) is 16.6 Å². The van der Waals surface area contributed by atoms with E-state index >= 15 is 0 Å². The normalized spacial score (nSPS) is 12.8. The molecular formula is C11H16N2O4S. The highest BCUT2D eigenvalue weighted by molar-refractivity contribution is 7.09. The molecule has 1 rings (SSSR count). The molecule has 0 saturated heterocycles. The number of carboxylic acids is 1. The Morgan fingerprint density at radius 2 is 2.22 bits per heavy atom. The van der Waals surface area contributed by atoms with Gasteiger partial charge in [-0.05, 0) is 20.8 Å². The molecule has 0 saturated carbocycles. The van der Waals surface area contributed by atoms with Gasteiger partial charge in [0.2, 0.25) is 0 Å². The van der Waals surface area contributed by atoms with Crippen LogP contribution >= 0.6 is 11.3 Å². The maximum absolute atomic E-state index is 11.6. The molecule has 0 fully saturated rings. The molecule has 0 spiro atoms. The molecule has 18 heavy (non-hydrogen) atoms. The fraction of sp³-hybridized carbons (Fsp3) is 0.545. The van der Waals surface area contributed by atoms with Crippen LogP contribution in [0.25, 0.3) is 0 Å². The minimum absolute atomic E-state index is 0.229. The van der Waals surface area contributed by atoms with Crippen LogP contribution in [0, 0.1) is 0 Å². The van der Waals surface area contributed by atoms with Gasteiger partial charge in [-0.25, -0.2) is 9.78 Å². The monoisotopic (exact) mass is 272 g/mol. The third-order valence-electron chi connectivity index (χ3n) is 1.82. The molecule has 0 aliphatic heterocycles. The fourth-order valence-corrected chi connectivity index (χ4v) is 1.92. The van der Waals surface area contributed by atoms with Crippen LogP contribution in [0.15, 0.2) is 11.6 Å². The number of hydrogen-bond donors (Lipinski definition) is 2. The van der Waals surface area contributed by atoms with Crippen molar-refractivity contribution in [1.29, 1.82) is 0 Å². The number of nitrogens with one attached hydrogen (secondary N) is 1. The summed E-state index contributed by atoms with van der Waals surface area (Å²) in [5.74, 6) is -1.01. The lowest BCUT2D eigenvalue weighted by atomic mass is 10.2. The smallest absolute Gasteiger partial charge is 0.408 e. The lowest BCUT2D eigenvalue weighted by Crippen LogP contribution is -2.35. The summed E-state index contributed by atoms with van der Waals surface area (Å²) < 4.78 is 5.08. The lowest BCUT2D eigenvalue weighted by molar-refractivity contribution is -0.137. The van der Waals surface area contributed by atoms with Crippen molar-refractivity contribution in [2.45, 2.75) is 38.8 Å². The summed E-state index contributed by atoms with van der Waals surface area (Å²) in [5, 5.41) is 13.6. The van der Waals surface area contributed by atoms with E-state index in [0.717, 1.165) is 0 Å². The van der Waals surface area contributed by atoms with E-state index in [1.165, 1.54) is 11.3 Å². The van der Waals surface area contributed by atoms with Gasteiger partial charge >= 0.3 is 12.1 Å². The minimum Gasteiger partial charge on any atom is -0.481 e. The van der Waals surface area contributed by atoms with Crippen LogP contribution in [-0.4, -0.2) is 27.8 Å². The molecule has 1 aromatic heterocycles. The van der Waals surface area contributed by atoms with Crippen LogP contribution in [-0.2, 0) is 9.53 Å². The minimum atomic E-state index is -1.01. The van der Waals surface area contributed by atoms with Gasteiger partial charge in [0.05, 0.1) is 12.5 Å². The summed E-state index contributed by atoms with van der Waals surface area (Å²) in [6, 6.07) is -0.669. The number of carbonyl (C=O) groups excluding carboxylic acids is 1. The molecule has 1 aromatic rings. The standard InChI is InChI=1S/C11H16N2O4S/c1-11(2,3)17-10(16)13-7(6-8(14)15)9-12-4-5-18-9/h4-5,7H,6H2,1-3H3,(H,13,16)(H,14,15). The summed E-state index contributed by atoms with van der Waals surface area (Å²) in [6.07, 6.45) is 0.683. The third kappa shape index (κ3) is 5.13. The van der Waals surface area contributed by atoms with Crippen molar-refractivity contribution in [2.75, 3.05) is 0 Å². The number of nitrogens with zero attached hydrogens (tertiary/aromatic N) is 1. The second-order valence-corrected chi connectivity index (χ2v) is 5.59. The largest absolute Gasteiger partial charge is 0.481 e. The number of aliphatic carboxylic acids is 1. The zero-order valence-electron chi connectivity index (χ0n) is 10.5. The molecule has 0 radical (unpaired) electrons. The second kappa shape index (κ2) is 5.81. The lowest BCUT2D eigenvalue weighted by Gasteiger charge is -2.22. The maximum atomic E-state index is 11.6. The number of rotatable bonds is 4. The van der Waals surface area contributed by atoms with Crippen molar-refractivity contribution >= 4 is 23.4 Å². The Morgan fingerprint density at radius 1 is 1.56 bits per heavy atom. The Kier molecular flexibility index (Phi) is 4.66. The second-order valence-electron chi connectivity index (χ2n) is 4.67. The average molecular weight is 272 g/mol. The van der Waals surface area contributed by atoms with Crippen molar-refractivity contribution < 1.29 is 19.4 Å².